The Labute approximate surface area is 208 Å². The van der Waals surface area contributed by atoms with Crippen LogP contribution in [-0.2, 0) is 10.4 Å². The summed E-state index contributed by atoms with van der Waals surface area (Å²) in [6.45, 7) is 9.57. The van der Waals surface area contributed by atoms with Crippen molar-refractivity contribution in [3.8, 4) is 16.5 Å². The molecule has 1 aliphatic carbocycles. The highest BCUT2D eigenvalue weighted by atomic mass is 32.1. The van der Waals surface area contributed by atoms with Crippen molar-refractivity contribution in [1.82, 2.24) is 19.9 Å². The van der Waals surface area contributed by atoms with Gasteiger partial charge < -0.3 is 20.3 Å². The summed E-state index contributed by atoms with van der Waals surface area (Å²) in [5.41, 5.74) is 0.584. The molecule has 3 aromatic heterocycles. The topological polar surface area (TPSA) is 130 Å². The predicted octanol–water partition coefficient (Wildman–Crippen LogP) is 4.93. The maximum atomic E-state index is 11.6. The molecule has 0 saturated heterocycles. The molecular formula is C25H31N5O4S. The zero-order chi connectivity index (χ0) is 25.4. The second-order valence-electron chi connectivity index (χ2n) is 10.0. The van der Waals surface area contributed by atoms with Crippen LogP contribution in [0.4, 0.5) is 11.6 Å². The van der Waals surface area contributed by atoms with E-state index in [0.717, 1.165) is 16.3 Å². The quantitative estimate of drug-likeness (QED) is 0.416. The van der Waals surface area contributed by atoms with E-state index in [0.29, 0.717) is 41.8 Å². The molecule has 1 aliphatic rings. The molecule has 0 spiro atoms. The third-order valence-corrected chi connectivity index (χ3v) is 7.40. The molecule has 0 amide bonds. The van der Waals surface area contributed by atoms with Gasteiger partial charge in [-0.1, -0.05) is 13.8 Å². The molecule has 1 saturated carbocycles. The summed E-state index contributed by atoms with van der Waals surface area (Å²) in [4.78, 5) is 30.3. The van der Waals surface area contributed by atoms with Crippen molar-refractivity contribution in [3.05, 3.63) is 41.3 Å². The van der Waals surface area contributed by atoms with Crippen LogP contribution in [0.3, 0.4) is 0 Å². The van der Waals surface area contributed by atoms with Crippen LogP contribution in [0.15, 0.2) is 30.6 Å². The van der Waals surface area contributed by atoms with Gasteiger partial charge in [0.1, 0.15) is 10.6 Å². The number of carbonyl (C=O) groups is 1. The van der Waals surface area contributed by atoms with Crippen molar-refractivity contribution in [2.75, 3.05) is 5.32 Å². The van der Waals surface area contributed by atoms with Gasteiger partial charge >= 0.3 is 5.97 Å². The van der Waals surface area contributed by atoms with Gasteiger partial charge in [0.2, 0.25) is 11.8 Å². The fourth-order valence-corrected chi connectivity index (χ4v) is 5.69. The van der Waals surface area contributed by atoms with Crippen LogP contribution in [0.1, 0.15) is 57.7 Å². The number of carboxylic acids is 1. The van der Waals surface area contributed by atoms with E-state index in [1.165, 1.54) is 11.3 Å². The molecule has 9 nitrogen and oxygen atoms in total. The maximum absolute atomic E-state index is 11.6. The lowest BCUT2D eigenvalue weighted by Crippen LogP contribution is -2.44. The molecule has 3 aromatic rings. The van der Waals surface area contributed by atoms with E-state index in [-0.39, 0.29) is 6.10 Å². The second kappa shape index (κ2) is 9.50. The van der Waals surface area contributed by atoms with Gasteiger partial charge in [-0.05, 0) is 57.6 Å². The molecule has 0 aliphatic heterocycles. The van der Waals surface area contributed by atoms with E-state index >= 15 is 0 Å². The normalized spacial score (nSPS) is 21.6. The number of thiazole rings is 1. The van der Waals surface area contributed by atoms with Crippen molar-refractivity contribution in [2.45, 2.75) is 65.6 Å². The molecule has 0 unspecified atom stereocenters. The van der Waals surface area contributed by atoms with Crippen molar-refractivity contribution in [1.29, 1.82) is 0 Å². The Morgan fingerprint density at radius 3 is 2.71 bits per heavy atom. The first-order valence-corrected chi connectivity index (χ1v) is 12.4. The van der Waals surface area contributed by atoms with Crippen LogP contribution in [0.5, 0.6) is 5.88 Å². The number of carboxylic acid groups (broad SMARTS) is 1. The van der Waals surface area contributed by atoms with Crippen LogP contribution in [-0.4, -0.2) is 42.2 Å². The Balaban J connectivity index is 1.57. The van der Waals surface area contributed by atoms with Crippen LogP contribution < -0.4 is 10.1 Å². The first-order chi connectivity index (χ1) is 16.4. The lowest BCUT2D eigenvalue weighted by Gasteiger charge is -2.44. The summed E-state index contributed by atoms with van der Waals surface area (Å²) in [5, 5.41) is 24.8. The molecular weight excluding hydrogens is 466 g/mol. The molecule has 0 bridgehead atoms. The fraction of sp³-hybridized carbons (Fsp3) is 0.480. The predicted molar refractivity (Wildman–Crippen MR) is 134 cm³/mol. The fourth-order valence-electron chi connectivity index (χ4n) is 4.69. The number of anilines is 2. The smallest absolute Gasteiger partial charge is 0.307 e. The van der Waals surface area contributed by atoms with Crippen molar-refractivity contribution >= 4 is 28.9 Å². The Hall–Kier alpha value is -3.11. The standard InChI is InChI=1S/C25H31N5O4S/c1-14(2)34-20-7-9-26-23(30-20)29-16-10-15(3)28-18(11-16)19-12-27-22(35-19)25(33)8-6-17(21(31)32)24(4,5)13-25/h7,9-12,14,17,33H,6,8,13H2,1-5H3,(H,31,32)(H,26,28,29,30)/t17-,25-/m1/s1. The molecule has 3 heterocycles. The summed E-state index contributed by atoms with van der Waals surface area (Å²) < 4.78 is 5.65. The minimum atomic E-state index is -1.16. The number of hydrogen-bond acceptors (Lipinski definition) is 9. The minimum Gasteiger partial charge on any atom is -0.481 e. The third-order valence-electron chi connectivity index (χ3n) is 6.19. The Morgan fingerprint density at radius 1 is 1.26 bits per heavy atom. The average molecular weight is 498 g/mol. The summed E-state index contributed by atoms with van der Waals surface area (Å²) in [7, 11) is 0. The summed E-state index contributed by atoms with van der Waals surface area (Å²) in [6, 6.07) is 5.50. The Kier molecular flexibility index (Phi) is 6.79. The third kappa shape index (κ3) is 5.59. The van der Waals surface area contributed by atoms with Gasteiger partial charge in [-0.25, -0.2) is 9.97 Å². The summed E-state index contributed by atoms with van der Waals surface area (Å²) in [5.74, 6) is -0.395. The molecule has 2 atom stereocenters. The van der Waals surface area contributed by atoms with Crippen molar-refractivity contribution in [2.24, 2.45) is 11.3 Å². The molecule has 0 radical (unpaired) electrons. The Bertz CT molecular complexity index is 1230. The summed E-state index contributed by atoms with van der Waals surface area (Å²) >= 11 is 1.38. The van der Waals surface area contributed by atoms with Crippen LogP contribution >= 0.6 is 11.3 Å². The highest BCUT2D eigenvalue weighted by Crippen LogP contribution is 2.50. The zero-order valence-electron chi connectivity index (χ0n) is 20.6. The number of aryl methyl sites for hydroxylation is 1. The number of hydrogen-bond donors (Lipinski definition) is 3. The van der Waals surface area contributed by atoms with Crippen LogP contribution in [0.2, 0.25) is 0 Å². The lowest BCUT2D eigenvalue weighted by atomic mass is 9.63. The largest absolute Gasteiger partial charge is 0.481 e. The molecule has 10 heteroatoms. The Morgan fingerprint density at radius 2 is 2.03 bits per heavy atom. The van der Waals surface area contributed by atoms with E-state index in [4.69, 9.17) is 4.74 Å². The van der Waals surface area contributed by atoms with Gasteiger partial charge in [-0.3, -0.25) is 9.78 Å². The van der Waals surface area contributed by atoms with Gasteiger partial charge in [-0.15, -0.1) is 11.3 Å². The highest BCUT2D eigenvalue weighted by molar-refractivity contribution is 7.15. The van der Waals surface area contributed by atoms with Crippen molar-refractivity contribution < 1.29 is 19.7 Å². The van der Waals surface area contributed by atoms with Gasteiger partial charge in [-0.2, -0.15) is 4.98 Å². The first-order valence-electron chi connectivity index (χ1n) is 11.6. The summed E-state index contributed by atoms with van der Waals surface area (Å²) in [6.07, 6.45) is 4.47. The average Bonchev–Trinajstić information content (AvgIpc) is 3.23. The van der Waals surface area contributed by atoms with Crippen molar-refractivity contribution in [3.63, 3.8) is 0 Å². The molecule has 1 fully saturated rings. The number of pyridine rings is 1. The number of aliphatic carboxylic acids is 1. The van der Waals surface area contributed by atoms with Gasteiger partial charge in [0.25, 0.3) is 0 Å². The first kappa shape index (κ1) is 25.0. The minimum absolute atomic E-state index is 0.00705. The van der Waals surface area contributed by atoms with E-state index in [1.807, 2.05) is 46.8 Å². The van der Waals surface area contributed by atoms with Gasteiger partial charge in [0.15, 0.2) is 0 Å². The maximum Gasteiger partial charge on any atom is 0.307 e. The zero-order valence-corrected chi connectivity index (χ0v) is 21.4. The van der Waals surface area contributed by atoms with Gasteiger partial charge in [0, 0.05) is 29.8 Å². The monoisotopic (exact) mass is 497 g/mol. The number of aromatic nitrogens is 4. The van der Waals surface area contributed by atoms with E-state index in [2.05, 4.69) is 25.3 Å². The van der Waals surface area contributed by atoms with Crippen LogP contribution in [0.25, 0.3) is 10.6 Å². The number of aliphatic hydroxyl groups is 1. The molecule has 186 valence electrons. The molecule has 0 aromatic carbocycles. The van der Waals surface area contributed by atoms with E-state index in [9.17, 15) is 15.0 Å². The number of rotatable bonds is 7. The van der Waals surface area contributed by atoms with Crippen LogP contribution in [0, 0.1) is 18.3 Å². The number of ether oxygens (including phenoxy) is 1. The molecule has 4 rings (SSSR count). The molecule has 35 heavy (non-hydrogen) atoms. The number of nitrogens with zero attached hydrogens (tertiary/aromatic N) is 4. The molecule has 3 N–H and O–H groups in total. The highest BCUT2D eigenvalue weighted by Gasteiger charge is 2.49. The second-order valence-corrected chi connectivity index (χ2v) is 11.1. The van der Waals surface area contributed by atoms with E-state index in [1.54, 1.807) is 18.5 Å². The van der Waals surface area contributed by atoms with Gasteiger partial charge in [0.05, 0.1) is 22.6 Å². The number of nitrogens with one attached hydrogen (secondary N) is 1. The van der Waals surface area contributed by atoms with E-state index < -0.39 is 22.9 Å². The SMILES string of the molecule is Cc1cc(Nc2nccc(OC(C)C)n2)cc(-c2cnc([C@@]3(O)CC[C@H](C(=O)O)C(C)(C)C3)s2)n1. The lowest BCUT2D eigenvalue weighted by molar-refractivity contribution is -0.154.